The lowest BCUT2D eigenvalue weighted by molar-refractivity contribution is -0.0768. The normalized spacial score (nSPS) is 26.6. The van der Waals surface area contributed by atoms with Crippen molar-refractivity contribution < 1.29 is 14.9 Å². The second kappa shape index (κ2) is 8.77. The van der Waals surface area contributed by atoms with Crippen LogP contribution in [0, 0.1) is 0 Å². The first-order valence-electron chi connectivity index (χ1n) is 9.14. The van der Waals surface area contributed by atoms with Crippen molar-refractivity contribution in [1.29, 1.82) is 0 Å². The lowest BCUT2D eigenvalue weighted by atomic mass is 9.93. The van der Waals surface area contributed by atoms with Gasteiger partial charge in [-0.05, 0) is 41.3 Å². The molecule has 6 nitrogen and oxygen atoms in total. The van der Waals surface area contributed by atoms with Gasteiger partial charge in [-0.15, -0.1) is 0 Å². The first kappa shape index (κ1) is 19.0. The molecule has 2 heterocycles. The number of hydrogen-bond donors (Lipinski definition) is 3. The topological polar surface area (TPSA) is 77.9 Å². The van der Waals surface area contributed by atoms with Crippen LogP contribution in [0.2, 0.25) is 0 Å². The number of nitrogens with zero attached hydrogens (tertiary/aromatic N) is 2. The Morgan fingerprint density at radius 1 is 1.32 bits per heavy atom. The molecule has 1 aromatic rings. The van der Waals surface area contributed by atoms with Crippen LogP contribution in [0.3, 0.4) is 0 Å². The van der Waals surface area contributed by atoms with Gasteiger partial charge in [0.05, 0.1) is 17.7 Å². The molecule has 3 unspecified atom stereocenters. The summed E-state index contributed by atoms with van der Waals surface area (Å²) < 4.78 is 5.90. The second-order valence-electron chi connectivity index (χ2n) is 7.06. The van der Waals surface area contributed by atoms with E-state index in [1.165, 1.54) is 39.2 Å². The number of halogens is 1. The summed E-state index contributed by atoms with van der Waals surface area (Å²) in [6.45, 7) is 1.39. The minimum Gasteiger partial charge on any atom is -0.391 e. The molecule has 25 heavy (non-hydrogen) atoms. The molecule has 0 radical (unpaired) electrons. The standard InChI is InChI=1S/C18H28BrN3O3/c1-25-18(24)14-9-12(19)10-20-17(14)22-8-7-16(23)15(11-22)21-13-5-3-2-4-6-13/h9-10,13,15-16,18,21,23-24H,2-8,11H2,1H3. The van der Waals surface area contributed by atoms with Gasteiger partial charge in [-0.3, -0.25) is 0 Å². The molecule has 0 aromatic carbocycles. The van der Waals surface area contributed by atoms with E-state index in [4.69, 9.17) is 4.74 Å². The quantitative estimate of drug-likeness (QED) is 0.643. The Kier molecular flexibility index (Phi) is 6.68. The van der Waals surface area contributed by atoms with Gasteiger partial charge in [0.2, 0.25) is 0 Å². The van der Waals surface area contributed by atoms with Crippen molar-refractivity contribution in [1.82, 2.24) is 10.3 Å². The second-order valence-corrected chi connectivity index (χ2v) is 7.98. The molecule has 0 bridgehead atoms. The Labute approximate surface area is 157 Å². The third-order valence-corrected chi connectivity index (χ3v) is 5.72. The van der Waals surface area contributed by atoms with Gasteiger partial charge in [0.15, 0.2) is 6.29 Å². The highest BCUT2D eigenvalue weighted by molar-refractivity contribution is 9.10. The Morgan fingerprint density at radius 3 is 2.80 bits per heavy atom. The van der Waals surface area contributed by atoms with E-state index in [2.05, 4.69) is 31.1 Å². The Morgan fingerprint density at radius 2 is 2.08 bits per heavy atom. The molecule has 1 aliphatic heterocycles. The monoisotopic (exact) mass is 413 g/mol. The number of piperidine rings is 1. The molecule has 1 aliphatic carbocycles. The number of rotatable bonds is 5. The van der Waals surface area contributed by atoms with Crippen molar-refractivity contribution in [3.8, 4) is 0 Å². The van der Waals surface area contributed by atoms with Crippen LogP contribution in [-0.2, 0) is 4.74 Å². The van der Waals surface area contributed by atoms with Crippen LogP contribution >= 0.6 is 15.9 Å². The van der Waals surface area contributed by atoms with Crippen LogP contribution in [0.25, 0.3) is 0 Å². The molecule has 1 saturated heterocycles. The van der Waals surface area contributed by atoms with Crippen LogP contribution in [0.1, 0.15) is 50.4 Å². The molecule has 7 heteroatoms. The fraction of sp³-hybridized carbons (Fsp3) is 0.722. The fourth-order valence-electron chi connectivity index (χ4n) is 3.89. The number of aliphatic hydroxyl groups excluding tert-OH is 2. The van der Waals surface area contributed by atoms with E-state index < -0.39 is 6.29 Å². The molecule has 1 saturated carbocycles. The van der Waals surface area contributed by atoms with Crippen molar-refractivity contribution in [3.63, 3.8) is 0 Å². The van der Waals surface area contributed by atoms with Crippen LogP contribution in [0.5, 0.6) is 0 Å². The summed E-state index contributed by atoms with van der Waals surface area (Å²) in [5, 5.41) is 24.3. The minimum atomic E-state index is -1.02. The Bertz CT molecular complexity index is 568. The summed E-state index contributed by atoms with van der Waals surface area (Å²) in [5.41, 5.74) is 0.643. The van der Waals surface area contributed by atoms with E-state index in [1.54, 1.807) is 6.20 Å². The number of hydrogen-bond acceptors (Lipinski definition) is 6. The maximum atomic E-state index is 10.4. The van der Waals surface area contributed by atoms with E-state index in [-0.39, 0.29) is 12.1 Å². The maximum absolute atomic E-state index is 10.4. The highest BCUT2D eigenvalue weighted by Crippen LogP contribution is 2.30. The van der Waals surface area contributed by atoms with Crippen molar-refractivity contribution in [2.24, 2.45) is 0 Å². The molecule has 3 N–H and O–H groups in total. The molecule has 3 atom stereocenters. The lowest BCUT2D eigenvalue weighted by Crippen LogP contribution is -2.56. The minimum absolute atomic E-state index is 0.0230. The SMILES string of the molecule is COC(O)c1cc(Br)cnc1N1CCC(O)C(NC2CCCCC2)C1. The summed E-state index contributed by atoms with van der Waals surface area (Å²) in [7, 11) is 1.47. The van der Waals surface area contributed by atoms with Crippen molar-refractivity contribution in [2.45, 2.75) is 63.0 Å². The third kappa shape index (κ3) is 4.71. The van der Waals surface area contributed by atoms with E-state index in [0.29, 0.717) is 31.1 Å². The van der Waals surface area contributed by atoms with Crippen LogP contribution in [0.4, 0.5) is 5.82 Å². The number of nitrogens with one attached hydrogen (secondary N) is 1. The number of anilines is 1. The van der Waals surface area contributed by atoms with Gasteiger partial charge in [0, 0.05) is 36.9 Å². The molecular weight excluding hydrogens is 386 g/mol. The molecule has 0 amide bonds. The number of aromatic nitrogens is 1. The van der Waals surface area contributed by atoms with Crippen LogP contribution in [0.15, 0.2) is 16.7 Å². The summed E-state index contributed by atoms with van der Waals surface area (Å²) in [4.78, 5) is 6.64. The Hall–Kier alpha value is -0.730. The zero-order valence-corrected chi connectivity index (χ0v) is 16.3. The van der Waals surface area contributed by atoms with Gasteiger partial charge in [-0.25, -0.2) is 4.98 Å². The lowest BCUT2D eigenvalue weighted by Gasteiger charge is -2.40. The van der Waals surface area contributed by atoms with Gasteiger partial charge in [-0.1, -0.05) is 19.3 Å². The van der Waals surface area contributed by atoms with Crippen molar-refractivity contribution >= 4 is 21.7 Å². The van der Waals surface area contributed by atoms with Gasteiger partial charge in [0.25, 0.3) is 0 Å². The number of ether oxygens (including phenoxy) is 1. The summed E-state index contributed by atoms with van der Waals surface area (Å²) >= 11 is 3.40. The van der Waals surface area contributed by atoms with Crippen molar-refractivity contribution in [3.05, 3.63) is 22.3 Å². The molecule has 2 aliphatic rings. The summed E-state index contributed by atoms with van der Waals surface area (Å²) in [6.07, 6.45) is 7.28. The van der Waals surface area contributed by atoms with Gasteiger partial charge in [0.1, 0.15) is 5.82 Å². The van der Waals surface area contributed by atoms with E-state index >= 15 is 0 Å². The molecular formula is C18H28BrN3O3. The summed E-state index contributed by atoms with van der Waals surface area (Å²) in [5.74, 6) is 0.722. The molecule has 1 aromatic heterocycles. The average Bonchev–Trinajstić information content (AvgIpc) is 2.64. The smallest absolute Gasteiger partial charge is 0.184 e. The fourth-order valence-corrected chi connectivity index (χ4v) is 4.24. The maximum Gasteiger partial charge on any atom is 0.184 e. The highest BCUT2D eigenvalue weighted by atomic mass is 79.9. The average molecular weight is 414 g/mol. The zero-order valence-electron chi connectivity index (χ0n) is 14.7. The first-order valence-corrected chi connectivity index (χ1v) is 9.93. The van der Waals surface area contributed by atoms with Gasteiger partial charge < -0.3 is 25.2 Å². The molecule has 2 fully saturated rings. The van der Waals surface area contributed by atoms with Crippen LogP contribution < -0.4 is 10.2 Å². The van der Waals surface area contributed by atoms with E-state index in [9.17, 15) is 10.2 Å². The van der Waals surface area contributed by atoms with Crippen LogP contribution in [-0.4, -0.2) is 53.6 Å². The van der Waals surface area contributed by atoms with Crippen molar-refractivity contribution in [2.75, 3.05) is 25.1 Å². The van der Waals surface area contributed by atoms with E-state index in [1.807, 2.05) is 6.07 Å². The highest BCUT2D eigenvalue weighted by Gasteiger charge is 2.32. The predicted molar refractivity (Wildman–Crippen MR) is 101 cm³/mol. The molecule has 140 valence electrons. The predicted octanol–water partition coefficient (Wildman–Crippen LogP) is 2.34. The molecule has 3 rings (SSSR count). The largest absolute Gasteiger partial charge is 0.391 e. The van der Waals surface area contributed by atoms with E-state index in [0.717, 1.165) is 10.3 Å². The molecule has 0 spiro atoms. The number of pyridine rings is 1. The van der Waals surface area contributed by atoms with Gasteiger partial charge in [-0.2, -0.15) is 0 Å². The number of methoxy groups -OCH3 is 1. The first-order chi connectivity index (χ1) is 12.1. The number of aliphatic hydroxyl groups is 2. The summed E-state index contributed by atoms with van der Waals surface area (Å²) in [6, 6.07) is 2.36. The van der Waals surface area contributed by atoms with Gasteiger partial charge >= 0.3 is 0 Å². The zero-order chi connectivity index (χ0) is 17.8. The third-order valence-electron chi connectivity index (χ3n) is 5.28. The Balaban J connectivity index is 1.74.